The molecular weight excluding hydrogens is 529 g/mol. The first-order chi connectivity index (χ1) is 19.5. The second-order valence-electron chi connectivity index (χ2n) is 11.9. The van der Waals surface area contributed by atoms with Crippen molar-refractivity contribution in [3.05, 3.63) is 70.4 Å². The quantitative estimate of drug-likeness (QED) is 0.455. The molecule has 3 aliphatic heterocycles. The second kappa shape index (κ2) is 9.85. The van der Waals surface area contributed by atoms with Crippen LogP contribution in [-0.4, -0.2) is 62.0 Å². The highest BCUT2D eigenvalue weighted by Gasteiger charge is 2.51. The van der Waals surface area contributed by atoms with Gasteiger partial charge in [-0.3, -0.25) is 24.6 Å². The molecule has 214 valence electrons. The first-order valence-electron chi connectivity index (χ1n) is 13.8. The van der Waals surface area contributed by atoms with E-state index in [4.69, 9.17) is 4.42 Å². The van der Waals surface area contributed by atoms with Gasteiger partial charge in [-0.2, -0.15) is 0 Å². The van der Waals surface area contributed by atoms with Crippen LogP contribution in [0.5, 0.6) is 0 Å². The number of aliphatic hydroxyl groups is 1. The molecule has 0 aliphatic carbocycles. The number of fused-ring (bicyclic) bond motifs is 1. The lowest BCUT2D eigenvalue weighted by molar-refractivity contribution is -0.137. The van der Waals surface area contributed by atoms with Gasteiger partial charge >= 0.3 is 0 Å². The van der Waals surface area contributed by atoms with Crippen molar-refractivity contribution in [3.8, 4) is 11.5 Å². The normalized spacial score (nSPS) is 24.5. The SMILES string of the molecule is Cc1nnc(-c2ccc(CN3CCC(O)(c4ccc5c(c4F)CN(C4CCC(=O)NC4=O)C5=O)C(C)(C)C3)cc2)o1. The Balaban J connectivity index is 1.18. The van der Waals surface area contributed by atoms with Crippen molar-refractivity contribution in [3.63, 3.8) is 0 Å². The molecule has 0 saturated carbocycles. The van der Waals surface area contributed by atoms with Crippen LogP contribution in [0.3, 0.4) is 0 Å². The van der Waals surface area contributed by atoms with Crippen molar-refractivity contribution in [1.82, 2.24) is 25.3 Å². The summed E-state index contributed by atoms with van der Waals surface area (Å²) in [4.78, 5) is 40.6. The molecular formula is C30H32FN5O5. The number of rotatable bonds is 5. The third kappa shape index (κ3) is 4.62. The summed E-state index contributed by atoms with van der Waals surface area (Å²) >= 11 is 0. The lowest BCUT2D eigenvalue weighted by Gasteiger charge is -2.50. The lowest BCUT2D eigenvalue weighted by atomic mass is 9.66. The number of hydrogen-bond acceptors (Lipinski definition) is 8. The number of carbonyl (C=O) groups excluding carboxylic acids is 3. The number of likely N-dealkylation sites (tertiary alicyclic amines) is 1. The molecule has 0 spiro atoms. The largest absolute Gasteiger partial charge is 0.421 e. The molecule has 0 radical (unpaired) electrons. The summed E-state index contributed by atoms with van der Waals surface area (Å²) in [5.41, 5.74) is 0.277. The molecule has 3 aliphatic rings. The minimum atomic E-state index is -1.46. The number of nitrogens with zero attached hydrogens (tertiary/aromatic N) is 4. The van der Waals surface area contributed by atoms with Gasteiger partial charge in [0.15, 0.2) is 0 Å². The number of hydrogen-bond donors (Lipinski definition) is 2. The summed E-state index contributed by atoms with van der Waals surface area (Å²) in [5, 5.41) is 22.2. The van der Waals surface area contributed by atoms with Gasteiger partial charge in [-0.25, -0.2) is 4.39 Å². The van der Waals surface area contributed by atoms with Crippen LogP contribution in [0.2, 0.25) is 0 Å². The first-order valence-corrected chi connectivity index (χ1v) is 13.8. The first kappa shape index (κ1) is 27.2. The summed E-state index contributed by atoms with van der Waals surface area (Å²) in [5.74, 6) is -1.01. The molecule has 2 atom stereocenters. The monoisotopic (exact) mass is 561 g/mol. The number of imide groups is 1. The van der Waals surface area contributed by atoms with Gasteiger partial charge in [0.05, 0.1) is 12.1 Å². The molecule has 6 rings (SSSR count). The number of carbonyl (C=O) groups is 3. The van der Waals surface area contributed by atoms with Crippen molar-refractivity contribution in [2.45, 2.75) is 64.8 Å². The van der Waals surface area contributed by atoms with Crippen LogP contribution in [0.4, 0.5) is 4.39 Å². The molecule has 3 aromatic rings. The zero-order chi connectivity index (χ0) is 29.1. The average molecular weight is 562 g/mol. The standard InChI is InChI=1S/C30H32FN5O5/c1-17-33-34-27(41-17)19-6-4-18(5-7-19)14-35-13-12-30(40,29(2,3)16-35)22-9-8-20-21(25(22)31)15-36(28(20)39)23-10-11-24(37)32-26(23)38/h4-9,23,40H,10-16H2,1-3H3,(H,32,37,38). The van der Waals surface area contributed by atoms with Crippen molar-refractivity contribution >= 4 is 17.7 Å². The highest BCUT2D eigenvalue weighted by atomic mass is 19.1. The fourth-order valence-corrected chi connectivity index (χ4v) is 6.41. The number of aryl methyl sites for hydroxylation is 1. The van der Waals surface area contributed by atoms with E-state index in [-0.39, 0.29) is 42.0 Å². The topological polar surface area (TPSA) is 129 Å². The number of amides is 3. The molecule has 1 aromatic heterocycles. The van der Waals surface area contributed by atoms with Crippen LogP contribution in [0.25, 0.3) is 11.5 Å². The van der Waals surface area contributed by atoms with Gasteiger partial charge in [0.25, 0.3) is 5.91 Å². The van der Waals surface area contributed by atoms with E-state index in [1.54, 1.807) is 13.0 Å². The summed E-state index contributed by atoms with van der Waals surface area (Å²) in [6.45, 7) is 7.23. The number of halogens is 1. The molecule has 0 bridgehead atoms. The van der Waals surface area contributed by atoms with Crippen LogP contribution in [-0.2, 0) is 28.3 Å². The number of aromatic nitrogens is 2. The fourth-order valence-electron chi connectivity index (χ4n) is 6.41. The van der Waals surface area contributed by atoms with Crippen LogP contribution < -0.4 is 5.32 Å². The maximum Gasteiger partial charge on any atom is 0.255 e. The third-order valence-electron chi connectivity index (χ3n) is 8.76. The fraction of sp³-hybridized carbons (Fsp3) is 0.433. The molecule has 41 heavy (non-hydrogen) atoms. The van der Waals surface area contributed by atoms with E-state index in [0.717, 1.165) is 11.1 Å². The molecule has 3 amide bonds. The molecule has 2 aromatic carbocycles. The maximum atomic E-state index is 16.1. The lowest BCUT2D eigenvalue weighted by Crippen LogP contribution is -2.55. The summed E-state index contributed by atoms with van der Waals surface area (Å²) in [6, 6.07) is 10.1. The van der Waals surface area contributed by atoms with E-state index >= 15 is 4.39 Å². The van der Waals surface area contributed by atoms with Crippen LogP contribution in [0.15, 0.2) is 40.8 Å². The van der Waals surface area contributed by atoms with Gasteiger partial charge in [-0.05, 0) is 36.6 Å². The third-order valence-corrected chi connectivity index (χ3v) is 8.76. The van der Waals surface area contributed by atoms with Crippen molar-refractivity contribution in [2.75, 3.05) is 13.1 Å². The number of piperidine rings is 2. The zero-order valence-electron chi connectivity index (χ0n) is 23.2. The van der Waals surface area contributed by atoms with Gasteiger partial charge in [-0.1, -0.05) is 32.0 Å². The van der Waals surface area contributed by atoms with Gasteiger partial charge in [-0.15, -0.1) is 10.2 Å². The van der Waals surface area contributed by atoms with Gasteiger partial charge in [0.1, 0.15) is 11.9 Å². The van der Waals surface area contributed by atoms with E-state index in [1.165, 1.54) is 11.0 Å². The van der Waals surface area contributed by atoms with Crippen LogP contribution >= 0.6 is 0 Å². The summed E-state index contributed by atoms with van der Waals surface area (Å²) < 4.78 is 21.6. The Bertz CT molecular complexity index is 1550. The Hall–Kier alpha value is -3.96. The average Bonchev–Trinajstić information content (AvgIpc) is 3.50. The van der Waals surface area contributed by atoms with Crippen molar-refractivity contribution < 1.29 is 28.3 Å². The minimum Gasteiger partial charge on any atom is -0.421 e. The van der Waals surface area contributed by atoms with Gasteiger partial charge in [0, 0.05) is 60.6 Å². The second-order valence-corrected chi connectivity index (χ2v) is 11.9. The van der Waals surface area contributed by atoms with E-state index in [2.05, 4.69) is 20.4 Å². The van der Waals surface area contributed by atoms with Gasteiger partial charge < -0.3 is 14.4 Å². The Kier molecular flexibility index (Phi) is 6.54. The predicted molar refractivity (Wildman–Crippen MR) is 144 cm³/mol. The molecule has 10 nitrogen and oxygen atoms in total. The Morgan fingerprint density at radius 1 is 1.12 bits per heavy atom. The van der Waals surface area contributed by atoms with E-state index in [9.17, 15) is 19.5 Å². The molecule has 11 heteroatoms. The molecule has 2 N–H and O–H groups in total. The summed E-state index contributed by atoms with van der Waals surface area (Å²) in [6.07, 6.45) is 0.627. The highest BCUT2D eigenvalue weighted by molar-refractivity contribution is 6.05. The Labute approximate surface area is 236 Å². The number of benzene rings is 2. The van der Waals surface area contributed by atoms with Crippen molar-refractivity contribution in [2.24, 2.45) is 5.41 Å². The van der Waals surface area contributed by atoms with Crippen LogP contribution in [0, 0.1) is 18.2 Å². The minimum absolute atomic E-state index is 0.0814. The molecule has 2 fully saturated rings. The number of nitrogens with one attached hydrogen (secondary N) is 1. The predicted octanol–water partition coefficient (Wildman–Crippen LogP) is 3.06. The Morgan fingerprint density at radius 2 is 1.88 bits per heavy atom. The zero-order valence-corrected chi connectivity index (χ0v) is 23.2. The van der Waals surface area contributed by atoms with Crippen LogP contribution in [0.1, 0.15) is 66.0 Å². The van der Waals surface area contributed by atoms with Crippen molar-refractivity contribution in [1.29, 1.82) is 0 Å². The van der Waals surface area contributed by atoms with E-state index < -0.39 is 34.7 Å². The maximum absolute atomic E-state index is 16.1. The Morgan fingerprint density at radius 3 is 2.54 bits per heavy atom. The molecule has 4 heterocycles. The smallest absolute Gasteiger partial charge is 0.255 e. The highest BCUT2D eigenvalue weighted by Crippen LogP contribution is 2.48. The van der Waals surface area contributed by atoms with E-state index in [1.807, 2.05) is 38.1 Å². The molecule has 2 saturated heterocycles. The van der Waals surface area contributed by atoms with Gasteiger partial charge in [0.2, 0.25) is 23.6 Å². The summed E-state index contributed by atoms with van der Waals surface area (Å²) in [7, 11) is 0. The molecule has 2 unspecified atom stereocenters. The van der Waals surface area contributed by atoms with E-state index in [0.29, 0.717) is 37.8 Å².